The van der Waals surface area contributed by atoms with Gasteiger partial charge in [-0.05, 0) is 35.2 Å². The van der Waals surface area contributed by atoms with Crippen LogP contribution in [0.15, 0.2) is 18.2 Å². The normalized spacial score (nSPS) is 22.5. The Morgan fingerprint density at radius 3 is 1.72 bits per heavy atom. The minimum atomic E-state index is -0.342. The maximum atomic E-state index is 10.4. The van der Waals surface area contributed by atoms with E-state index in [-0.39, 0.29) is 41.5 Å². The summed E-state index contributed by atoms with van der Waals surface area (Å²) < 4.78 is 39.7. The molecule has 0 amide bonds. The molecule has 0 spiro atoms. The quantitative estimate of drug-likeness (QED) is 0.635. The molecule has 4 unspecified atom stereocenters. The summed E-state index contributed by atoms with van der Waals surface area (Å²) in [5.74, 6) is 2.20. The Balaban J connectivity index is 2.36. The molecule has 3 rings (SSSR count). The molecule has 176 valence electrons. The third-order valence-corrected chi connectivity index (χ3v) is 6.18. The minimum Gasteiger partial charge on any atom is -0.502 e. The number of rotatable bonds is 8. The molecule has 1 N–H and O–H groups in total. The zero-order chi connectivity index (χ0) is 23.6. The maximum absolute atomic E-state index is 10.4. The minimum absolute atomic E-state index is 0.0849. The van der Waals surface area contributed by atoms with Gasteiger partial charge in [0.15, 0.2) is 29.3 Å². The summed E-state index contributed by atoms with van der Waals surface area (Å²) in [7, 11) is 9.31. The van der Waals surface area contributed by atoms with Crippen LogP contribution in [0.5, 0.6) is 34.5 Å². The molecule has 8 heteroatoms. The van der Waals surface area contributed by atoms with Crippen molar-refractivity contribution >= 4 is 0 Å². The average Bonchev–Trinajstić information content (AvgIpc) is 3.11. The number of ether oxygens (including phenoxy) is 7. The van der Waals surface area contributed by atoms with Crippen LogP contribution in [-0.4, -0.2) is 54.1 Å². The number of hydrogen-bond acceptors (Lipinski definition) is 8. The molecule has 1 saturated heterocycles. The molecule has 8 nitrogen and oxygen atoms in total. The summed E-state index contributed by atoms with van der Waals surface area (Å²) in [5, 5.41) is 10.4. The molecule has 0 saturated carbocycles. The van der Waals surface area contributed by atoms with Crippen LogP contribution in [0.1, 0.15) is 25.5 Å². The van der Waals surface area contributed by atoms with Gasteiger partial charge < -0.3 is 38.3 Å². The second-order valence-electron chi connectivity index (χ2n) is 7.72. The van der Waals surface area contributed by atoms with Gasteiger partial charge in [0.2, 0.25) is 11.5 Å². The SMILES string of the molecule is COc1cc(-c2c(C3OC(OC)C(C)C3C)cc(OC)c(OC)c2OC)cc(OC)c1O. The smallest absolute Gasteiger partial charge is 0.203 e. The first-order valence-electron chi connectivity index (χ1n) is 10.3. The molecule has 0 aliphatic carbocycles. The number of aromatic hydroxyl groups is 1. The zero-order valence-corrected chi connectivity index (χ0v) is 19.8. The van der Waals surface area contributed by atoms with E-state index < -0.39 is 0 Å². The summed E-state index contributed by atoms with van der Waals surface area (Å²) in [5.41, 5.74) is 2.27. The highest BCUT2D eigenvalue weighted by molar-refractivity contribution is 5.82. The van der Waals surface area contributed by atoms with E-state index in [9.17, 15) is 5.11 Å². The Morgan fingerprint density at radius 2 is 1.28 bits per heavy atom. The molecule has 0 aromatic heterocycles. The van der Waals surface area contributed by atoms with E-state index in [1.807, 2.05) is 6.07 Å². The second kappa shape index (κ2) is 9.75. The van der Waals surface area contributed by atoms with Crippen LogP contribution in [0, 0.1) is 11.8 Å². The predicted molar refractivity (Wildman–Crippen MR) is 119 cm³/mol. The lowest BCUT2D eigenvalue weighted by molar-refractivity contribution is -0.130. The summed E-state index contributed by atoms with van der Waals surface area (Å²) >= 11 is 0. The van der Waals surface area contributed by atoms with E-state index in [4.69, 9.17) is 33.2 Å². The van der Waals surface area contributed by atoms with Gasteiger partial charge in [-0.3, -0.25) is 0 Å². The van der Waals surface area contributed by atoms with Crippen LogP contribution < -0.4 is 23.7 Å². The Hall–Kier alpha value is -2.84. The van der Waals surface area contributed by atoms with Crippen LogP contribution >= 0.6 is 0 Å². The highest BCUT2D eigenvalue weighted by Gasteiger charge is 2.42. The monoisotopic (exact) mass is 448 g/mol. The molecule has 32 heavy (non-hydrogen) atoms. The Kier molecular flexibility index (Phi) is 7.26. The number of methoxy groups -OCH3 is 6. The molecule has 0 bridgehead atoms. The van der Waals surface area contributed by atoms with Crippen molar-refractivity contribution in [3.63, 3.8) is 0 Å². The second-order valence-corrected chi connectivity index (χ2v) is 7.72. The van der Waals surface area contributed by atoms with Gasteiger partial charge in [0.05, 0.1) is 41.7 Å². The van der Waals surface area contributed by atoms with Gasteiger partial charge in [0.1, 0.15) is 0 Å². The van der Waals surface area contributed by atoms with Gasteiger partial charge in [-0.1, -0.05) is 13.8 Å². The molecule has 1 fully saturated rings. The molecule has 2 aromatic rings. The van der Waals surface area contributed by atoms with Crippen molar-refractivity contribution in [1.29, 1.82) is 0 Å². The van der Waals surface area contributed by atoms with Crippen LogP contribution in [-0.2, 0) is 9.47 Å². The van der Waals surface area contributed by atoms with Crippen LogP contribution in [0.25, 0.3) is 11.1 Å². The van der Waals surface area contributed by atoms with Crippen LogP contribution in [0.3, 0.4) is 0 Å². The third kappa shape index (κ3) is 3.89. The molecule has 4 atom stereocenters. The highest BCUT2D eigenvalue weighted by Crippen LogP contribution is 2.54. The molecule has 1 heterocycles. The number of phenolic OH excluding ortho intramolecular Hbond substituents is 1. The Bertz CT molecular complexity index is 932. The van der Waals surface area contributed by atoms with Crippen LogP contribution in [0.2, 0.25) is 0 Å². The van der Waals surface area contributed by atoms with Crippen molar-refractivity contribution < 1.29 is 38.3 Å². The fourth-order valence-electron chi connectivity index (χ4n) is 4.28. The fraction of sp³-hybridized carbons (Fsp3) is 0.500. The summed E-state index contributed by atoms with van der Waals surface area (Å²) in [6.45, 7) is 4.22. The lowest BCUT2D eigenvalue weighted by atomic mass is 9.85. The van der Waals surface area contributed by atoms with Crippen molar-refractivity contribution in [3.8, 4) is 45.6 Å². The van der Waals surface area contributed by atoms with Gasteiger partial charge in [-0.2, -0.15) is 0 Å². The molecular formula is C24H32O8. The third-order valence-electron chi connectivity index (χ3n) is 6.18. The van der Waals surface area contributed by atoms with Gasteiger partial charge in [0.25, 0.3) is 0 Å². The predicted octanol–water partition coefficient (Wildman–Crippen LogP) is 4.42. The van der Waals surface area contributed by atoms with Crippen LogP contribution in [0.4, 0.5) is 0 Å². The first kappa shape index (κ1) is 23.8. The Labute approximate surface area is 188 Å². The van der Waals surface area contributed by atoms with Crippen molar-refractivity contribution in [2.75, 3.05) is 42.7 Å². The van der Waals surface area contributed by atoms with Crippen molar-refractivity contribution in [3.05, 3.63) is 23.8 Å². The number of hydrogen-bond donors (Lipinski definition) is 1. The topological polar surface area (TPSA) is 84.8 Å². The molecule has 1 aliphatic heterocycles. The molecule has 0 radical (unpaired) electrons. The summed E-state index contributed by atoms with van der Waals surface area (Å²) in [4.78, 5) is 0. The lowest BCUT2D eigenvalue weighted by Crippen LogP contribution is -2.17. The lowest BCUT2D eigenvalue weighted by Gasteiger charge is -2.25. The summed E-state index contributed by atoms with van der Waals surface area (Å²) in [6, 6.07) is 5.35. The fourth-order valence-corrected chi connectivity index (χ4v) is 4.28. The van der Waals surface area contributed by atoms with Crippen molar-refractivity contribution in [1.82, 2.24) is 0 Å². The van der Waals surface area contributed by atoms with E-state index in [0.717, 1.165) is 11.1 Å². The molecule has 1 aliphatic rings. The Morgan fingerprint density at radius 1 is 0.719 bits per heavy atom. The van der Waals surface area contributed by atoms with Crippen molar-refractivity contribution in [2.45, 2.75) is 26.2 Å². The van der Waals surface area contributed by atoms with E-state index in [1.54, 1.807) is 40.6 Å². The average molecular weight is 449 g/mol. The van der Waals surface area contributed by atoms with Crippen molar-refractivity contribution in [2.24, 2.45) is 11.8 Å². The highest BCUT2D eigenvalue weighted by atomic mass is 16.7. The molecule has 2 aromatic carbocycles. The zero-order valence-electron chi connectivity index (χ0n) is 19.8. The first-order chi connectivity index (χ1) is 15.4. The van der Waals surface area contributed by atoms with E-state index >= 15 is 0 Å². The van der Waals surface area contributed by atoms with E-state index in [1.165, 1.54) is 14.2 Å². The maximum Gasteiger partial charge on any atom is 0.203 e. The van der Waals surface area contributed by atoms with E-state index in [0.29, 0.717) is 22.8 Å². The van der Waals surface area contributed by atoms with Gasteiger partial charge in [0, 0.05) is 18.6 Å². The standard InChI is InChI=1S/C24H32O8/c1-12-13(2)24(31-8)32-21(12)15-11-18(28-5)22(29-6)23(30-7)19(15)14-9-16(26-3)20(25)17(10-14)27-4/h9-13,21,24-25H,1-8H3. The van der Waals surface area contributed by atoms with Gasteiger partial charge >= 0.3 is 0 Å². The molecular weight excluding hydrogens is 416 g/mol. The number of phenols is 1. The first-order valence-corrected chi connectivity index (χ1v) is 10.3. The number of benzene rings is 2. The van der Waals surface area contributed by atoms with Gasteiger partial charge in [-0.25, -0.2) is 0 Å². The van der Waals surface area contributed by atoms with E-state index in [2.05, 4.69) is 13.8 Å². The van der Waals surface area contributed by atoms with Gasteiger partial charge in [-0.15, -0.1) is 0 Å². The largest absolute Gasteiger partial charge is 0.502 e. The summed E-state index contributed by atoms with van der Waals surface area (Å²) in [6.07, 6.45) is -0.643.